The third kappa shape index (κ3) is 3.41. The summed E-state index contributed by atoms with van der Waals surface area (Å²) in [5.41, 5.74) is 11.8. The summed E-state index contributed by atoms with van der Waals surface area (Å²) in [5.74, 6) is -1.61. The molecule has 1 aromatic carbocycles. The monoisotopic (exact) mass is 274 g/mol. The van der Waals surface area contributed by atoms with Gasteiger partial charge in [-0.05, 0) is 30.7 Å². The van der Waals surface area contributed by atoms with Crippen molar-refractivity contribution in [1.29, 1.82) is 0 Å². The fourth-order valence-corrected chi connectivity index (χ4v) is 1.93. The van der Waals surface area contributed by atoms with Crippen LogP contribution in [-0.4, -0.2) is 25.2 Å². The molecule has 18 heavy (non-hydrogen) atoms. The van der Waals surface area contributed by atoms with E-state index >= 15 is 0 Å². The summed E-state index contributed by atoms with van der Waals surface area (Å²) in [4.78, 5) is 11.6. The van der Waals surface area contributed by atoms with Gasteiger partial charge in [0, 0.05) is 17.5 Å². The van der Waals surface area contributed by atoms with Gasteiger partial charge in [0.05, 0.1) is 6.61 Å². The van der Waals surface area contributed by atoms with E-state index in [-0.39, 0.29) is 13.2 Å². The third-order valence-corrected chi connectivity index (χ3v) is 2.95. The highest BCUT2D eigenvalue weighted by Crippen LogP contribution is 2.27. The highest BCUT2D eigenvalue weighted by atomic mass is 35.5. The van der Waals surface area contributed by atoms with E-state index in [0.29, 0.717) is 10.6 Å². The lowest BCUT2D eigenvalue weighted by Gasteiger charge is -2.22. The molecule has 6 heteroatoms. The van der Waals surface area contributed by atoms with Crippen LogP contribution in [0, 0.1) is 5.82 Å². The Morgan fingerprint density at radius 1 is 1.56 bits per heavy atom. The molecule has 4 nitrogen and oxygen atoms in total. The molecule has 2 atom stereocenters. The Bertz CT molecular complexity index is 429. The lowest BCUT2D eigenvalue weighted by atomic mass is 9.92. The fraction of sp³-hybridized carbons (Fsp3) is 0.417. The van der Waals surface area contributed by atoms with E-state index in [1.54, 1.807) is 6.92 Å². The topological polar surface area (TPSA) is 78.3 Å². The van der Waals surface area contributed by atoms with E-state index in [0.717, 1.165) is 0 Å². The number of benzene rings is 1. The molecule has 0 aromatic heterocycles. The molecule has 1 aromatic rings. The van der Waals surface area contributed by atoms with Crippen molar-refractivity contribution in [3.05, 3.63) is 34.6 Å². The second kappa shape index (κ2) is 6.68. The van der Waals surface area contributed by atoms with Gasteiger partial charge in [0.2, 0.25) is 0 Å². The minimum Gasteiger partial charge on any atom is -0.465 e. The van der Waals surface area contributed by atoms with E-state index in [1.165, 1.54) is 18.2 Å². The first kappa shape index (κ1) is 14.9. The number of hydrogen-bond donors (Lipinski definition) is 2. The maximum absolute atomic E-state index is 13.2. The first-order valence-corrected chi connectivity index (χ1v) is 5.96. The van der Waals surface area contributed by atoms with Gasteiger partial charge >= 0.3 is 5.97 Å². The van der Waals surface area contributed by atoms with Gasteiger partial charge in [0.15, 0.2) is 0 Å². The summed E-state index contributed by atoms with van der Waals surface area (Å²) in [5, 5.41) is 0.326. The second-order valence-corrected chi connectivity index (χ2v) is 4.19. The lowest BCUT2D eigenvalue weighted by molar-refractivity contribution is -0.145. The standard InChI is InChI=1S/C12H16ClFN2O2/c1-2-18-12(17)11(16)9(6-15)8-5-7(14)3-4-10(8)13/h3-5,9,11H,2,6,15-16H2,1H3/t9-,11-/m0/s1. The average Bonchev–Trinajstić information content (AvgIpc) is 2.34. The summed E-state index contributed by atoms with van der Waals surface area (Å²) in [6, 6.07) is 2.91. The van der Waals surface area contributed by atoms with E-state index in [9.17, 15) is 9.18 Å². The minimum atomic E-state index is -0.964. The van der Waals surface area contributed by atoms with Crippen LogP contribution in [0.2, 0.25) is 5.02 Å². The number of halogens is 2. The van der Waals surface area contributed by atoms with Gasteiger partial charge in [-0.15, -0.1) is 0 Å². The second-order valence-electron chi connectivity index (χ2n) is 3.79. The van der Waals surface area contributed by atoms with Crippen molar-refractivity contribution in [1.82, 2.24) is 0 Å². The zero-order valence-corrected chi connectivity index (χ0v) is 10.8. The summed E-state index contributed by atoms with van der Waals surface area (Å²) in [6.07, 6.45) is 0. The van der Waals surface area contributed by atoms with Crippen LogP contribution in [-0.2, 0) is 9.53 Å². The molecular formula is C12H16ClFN2O2. The molecule has 0 bridgehead atoms. The van der Waals surface area contributed by atoms with Crippen LogP contribution in [0.1, 0.15) is 18.4 Å². The molecule has 1 rings (SSSR count). The normalized spacial score (nSPS) is 14.1. The molecule has 0 aliphatic carbocycles. The van der Waals surface area contributed by atoms with Crippen molar-refractivity contribution >= 4 is 17.6 Å². The number of carbonyl (C=O) groups is 1. The first-order chi connectivity index (χ1) is 8.51. The molecule has 0 heterocycles. The lowest BCUT2D eigenvalue weighted by Crippen LogP contribution is -2.41. The first-order valence-electron chi connectivity index (χ1n) is 5.58. The van der Waals surface area contributed by atoms with Crippen LogP contribution in [0.25, 0.3) is 0 Å². The van der Waals surface area contributed by atoms with Crippen molar-refractivity contribution in [2.24, 2.45) is 11.5 Å². The van der Waals surface area contributed by atoms with Crippen molar-refractivity contribution in [2.45, 2.75) is 18.9 Å². The quantitative estimate of drug-likeness (QED) is 0.796. The highest BCUT2D eigenvalue weighted by Gasteiger charge is 2.28. The van der Waals surface area contributed by atoms with Crippen LogP contribution in [0.15, 0.2) is 18.2 Å². The summed E-state index contributed by atoms with van der Waals surface area (Å²) >= 11 is 5.97. The molecule has 0 fully saturated rings. The fourth-order valence-electron chi connectivity index (χ4n) is 1.67. The van der Waals surface area contributed by atoms with Crippen LogP contribution < -0.4 is 11.5 Å². The number of carbonyl (C=O) groups excluding carboxylic acids is 1. The molecule has 0 unspecified atom stereocenters. The van der Waals surface area contributed by atoms with E-state index < -0.39 is 23.7 Å². The van der Waals surface area contributed by atoms with Gasteiger partial charge < -0.3 is 16.2 Å². The highest BCUT2D eigenvalue weighted by molar-refractivity contribution is 6.31. The van der Waals surface area contributed by atoms with E-state index in [4.69, 9.17) is 27.8 Å². The van der Waals surface area contributed by atoms with E-state index in [1.807, 2.05) is 0 Å². The molecule has 100 valence electrons. The number of esters is 1. The van der Waals surface area contributed by atoms with Gasteiger partial charge in [-0.2, -0.15) is 0 Å². The van der Waals surface area contributed by atoms with Gasteiger partial charge in [-0.25, -0.2) is 4.39 Å². The minimum absolute atomic E-state index is 0.0726. The van der Waals surface area contributed by atoms with Crippen molar-refractivity contribution in [3.63, 3.8) is 0 Å². The average molecular weight is 275 g/mol. The molecule has 0 saturated carbocycles. The predicted molar refractivity (Wildman–Crippen MR) is 67.8 cm³/mol. The smallest absolute Gasteiger partial charge is 0.323 e. The van der Waals surface area contributed by atoms with Gasteiger partial charge in [-0.3, -0.25) is 4.79 Å². The molecule has 0 aliphatic heterocycles. The Morgan fingerprint density at radius 2 is 2.22 bits per heavy atom. The number of ether oxygens (including phenoxy) is 1. The number of rotatable bonds is 5. The zero-order valence-electron chi connectivity index (χ0n) is 10.0. The van der Waals surface area contributed by atoms with Crippen LogP contribution in [0.3, 0.4) is 0 Å². The number of nitrogens with two attached hydrogens (primary N) is 2. The number of hydrogen-bond acceptors (Lipinski definition) is 4. The van der Waals surface area contributed by atoms with Gasteiger partial charge in [-0.1, -0.05) is 11.6 Å². The molecule has 4 N–H and O–H groups in total. The molecule has 0 spiro atoms. The summed E-state index contributed by atoms with van der Waals surface area (Å²) < 4.78 is 18.0. The molecule has 0 aliphatic rings. The Balaban J connectivity index is 3.01. The van der Waals surface area contributed by atoms with Gasteiger partial charge in [0.25, 0.3) is 0 Å². The zero-order chi connectivity index (χ0) is 13.7. The Morgan fingerprint density at radius 3 is 2.78 bits per heavy atom. The summed E-state index contributed by atoms with van der Waals surface area (Å²) in [6.45, 7) is 1.97. The van der Waals surface area contributed by atoms with Crippen molar-refractivity contribution in [2.75, 3.05) is 13.2 Å². The Kier molecular flexibility index (Phi) is 5.53. The largest absolute Gasteiger partial charge is 0.465 e. The molecular weight excluding hydrogens is 259 g/mol. The van der Waals surface area contributed by atoms with E-state index in [2.05, 4.69) is 0 Å². The maximum atomic E-state index is 13.2. The van der Waals surface area contributed by atoms with Crippen molar-refractivity contribution in [3.8, 4) is 0 Å². The van der Waals surface area contributed by atoms with Crippen LogP contribution >= 0.6 is 11.6 Å². The van der Waals surface area contributed by atoms with Crippen LogP contribution in [0.4, 0.5) is 4.39 Å². The molecule has 0 saturated heterocycles. The Labute approximate surface area is 110 Å². The molecule has 0 radical (unpaired) electrons. The van der Waals surface area contributed by atoms with Gasteiger partial charge in [0.1, 0.15) is 11.9 Å². The van der Waals surface area contributed by atoms with Crippen molar-refractivity contribution < 1.29 is 13.9 Å². The summed E-state index contributed by atoms with van der Waals surface area (Å²) in [7, 11) is 0. The third-order valence-electron chi connectivity index (χ3n) is 2.60. The maximum Gasteiger partial charge on any atom is 0.323 e. The SMILES string of the molecule is CCOC(=O)[C@@H](N)[C@@H](CN)c1cc(F)ccc1Cl. The Hall–Kier alpha value is -1.17. The molecule has 0 amide bonds. The van der Waals surface area contributed by atoms with Crippen LogP contribution in [0.5, 0.6) is 0 Å². The predicted octanol–water partition coefficient (Wildman–Crippen LogP) is 1.41.